The number of nitrogens with zero attached hydrogens (tertiary/aromatic N) is 1. The van der Waals surface area contributed by atoms with Gasteiger partial charge in [0.25, 0.3) is 5.91 Å². The van der Waals surface area contributed by atoms with Crippen molar-refractivity contribution in [1.29, 1.82) is 0 Å². The van der Waals surface area contributed by atoms with Crippen LogP contribution in [0, 0.1) is 0 Å². The van der Waals surface area contributed by atoms with Crippen LogP contribution in [0.1, 0.15) is 15.9 Å². The van der Waals surface area contributed by atoms with Gasteiger partial charge in [0.1, 0.15) is 11.5 Å². The summed E-state index contributed by atoms with van der Waals surface area (Å²) in [6, 6.07) is 23.9. The molecule has 0 aliphatic rings. The van der Waals surface area contributed by atoms with Crippen LogP contribution in [-0.2, 0) is 11.3 Å². The Morgan fingerprint density at radius 1 is 0.867 bits per heavy atom. The van der Waals surface area contributed by atoms with E-state index in [4.69, 9.17) is 4.74 Å². The molecule has 0 saturated carbocycles. The van der Waals surface area contributed by atoms with Crippen molar-refractivity contribution in [3.05, 3.63) is 90.0 Å². The third kappa shape index (κ3) is 6.46. The molecule has 0 fully saturated rings. The molecule has 2 N–H and O–H groups in total. The van der Waals surface area contributed by atoms with Gasteiger partial charge in [-0.3, -0.25) is 9.59 Å². The smallest absolute Gasteiger partial charge is 0.251 e. The molecule has 154 valence electrons. The van der Waals surface area contributed by atoms with Gasteiger partial charge in [0, 0.05) is 17.8 Å². The predicted molar refractivity (Wildman–Crippen MR) is 118 cm³/mol. The van der Waals surface area contributed by atoms with Gasteiger partial charge in [-0.15, -0.1) is 0 Å². The van der Waals surface area contributed by atoms with Crippen molar-refractivity contribution in [2.75, 3.05) is 26.0 Å². The van der Waals surface area contributed by atoms with Crippen molar-refractivity contribution in [2.24, 2.45) is 0 Å². The molecule has 0 atom stereocenters. The Labute approximate surface area is 176 Å². The molecule has 0 spiro atoms. The zero-order valence-electron chi connectivity index (χ0n) is 17.1. The summed E-state index contributed by atoms with van der Waals surface area (Å²) < 4.78 is 5.74. The summed E-state index contributed by atoms with van der Waals surface area (Å²) in [5.41, 5.74) is 2.15. The molecule has 0 aromatic heterocycles. The first-order valence-electron chi connectivity index (χ1n) is 9.64. The van der Waals surface area contributed by atoms with Gasteiger partial charge in [0.05, 0.1) is 6.54 Å². The van der Waals surface area contributed by atoms with Crippen molar-refractivity contribution < 1.29 is 14.3 Å². The molecule has 30 heavy (non-hydrogen) atoms. The topological polar surface area (TPSA) is 70.7 Å². The molecule has 0 aliphatic heterocycles. The zero-order chi connectivity index (χ0) is 21.3. The highest BCUT2D eigenvalue weighted by molar-refractivity contribution is 5.94. The molecule has 6 heteroatoms. The lowest BCUT2D eigenvalue weighted by Gasteiger charge is -2.11. The number of anilines is 1. The largest absolute Gasteiger partial charge is 0.457 e. The van der Waals surface area contributed by atoms with Crippen molar-refractivity contribution in [1.82, 2.24) is 10.2 Å². The minimum Gasteiger partial charge on any atom is -0.457 e. The summed E-state index contributed by atoms with van der Waals surface area (Å²) in [5.74, 6) is 1.15. The van der Waals surface area contributed by atoms with Gasteiger partial charge in [-0.05, 0) is 68.2 Å². The quantitative estimate of drug-likeness (QED) is 0.598. The number of ether oxygens (including phenoxy) is 1. The van der Waals surface area contributed by atoms with Gasteiger partial charge in [-0.1, -0.05) is 30.3 Å². The first-order valence-corrected chi connectivity index (χ1v) is 9.64. The van der Waals surface area contributed by atoms with Crippen LogP contribution in [0.5, 0.6) is 11.5 Å². The number of carbonyl (C=O) groups excluding carboxylic acids is 2. The van der Waals surface area contributed by atoms with Crippen LogP contribution in [0.25, 0.3) is 0 Å². The van der Waals surface area contributed by atoms with Crippen LogP contribution in [-0.4, -0.2) is 37.4 Å². The van der Waals surface area contributed by atoms with Crippen LogP contribution in [0.15, 0.2) is 78.9 Å². The van der Waals surface area contributed by atoms with E-state index in [1.807, 2.05) is 68.7 Å². The highest BCUT2D eigenvalue weighted by Gasteiger charge is 2.08. The average molecular weight is 403 g/mol. The Balaban J connectivity index is 1.54. The molecule has 0 heterocycles. The second-order valence-electron chi connectivity index (χ2n) is 7.11. The van der Waals surface area contributed by atoms with Crippen LogP contribution in [0.4, 0.5) is 5.69 Å². The normalized spacial score (nSPS) is 10.5. The number of likely N-dealkylation sites (N-methyl/N-ethyl adjacent to an activating group) is 1. The summed E-state index contributed by atoms with van der Waals surface area (Å²) in [6.07, 6.45) is 0. The van der Waals surface area contributed by atoms with E-state index in [0.717, 1.165) is 11.3 Å². The summed E-state index contributed by atoms with van der Waals surface area (Å²) in [5, 5.41) is 5.75. The summed E-state index contributed by atoms with van der Waals surface area (Å²) >= 11 is 0. The van der Waals surface area contributed by atoms with E-state index >= 15 is 0 Å². The van der Waals surface area contributed by atoms with E-state index in [2.05, 4.69) is 10.6 Å². The predicted octanol–water partition coefficient (Wildman–Crippen LogP) is 3.91. The number of amides is 2. The third-order valence-electron chi connectivity index (χ3n) is 4.22. The van der Waals surface area contributed by atoms with Crippen LogP contribution < -0.4 is 15.4 Å². The fourth-order valence-corrected chi connectivity index (χ4v) is 2.83. The van der Waals surface area contributed by atoms with E-state index in [9.17, 15) is 9.59 Å². The molecular formula is C24H25N3O3. The average Bonchev–Trinajstić information content (AvgIpc) is 2.73. The lowest BCUT2D eigenvalue weighted by atomic mass is 10.1. The Hall–Kier alpha value is -3.64. The Morgan fingerprint density at radius 2 is 1.57 bits per heavy atom. The van der Waals surface area contributed by atoms with E-state index in [1.54, 1.807) is 29.2 Å². The minimum atomic E-state index is -0.177. The van der Waals surface area contributed by atoms with Crippen LogP contribution in [0.3, 0.4) is 0 Å². The highest BCUT2D eigenvalue weighted by atomic mass is 16.5. The fourth-order valence-electron chi connectivity index (χ4n) is 2.83. The monoisotopic (exact) mass is 403 g/mol. The summed E-state index contributed by atoms with van der Waals surface area (Å²) in [6.45, 7) is 0.670. The molecule has 0 bridgehead atoms. The lowest BCUT2D eigenvalue weighted by Crippen LogP contribution is -2.27. The first-order chi connectivity index (χ1) is 14.5. The SMILES string of the molecule is CN(C)CC(=O)Nc1cccc(CNC(=O)c2ccc(Oc3ccccc3)cc2)c1. The first kappa shape index (κ1) is 21.1. The Bertz CT molecular complexity index is 986. The van der Waals surface area contributed by atoms with Gasteiger partial charge in [-0.2, -0.15) is 0 Å². The molecule has 0 aliphatic carbocycles. The standard InChI is InChI=1S/C24H25N3O3/c1-27(2)17-23(28)26-20-8-6-7-18(15-20)16-25-24(29)19-11-13-22(14-12-19)30-21-9-4-3-5-10-21/h3-15H,16-17H2,1-2H3,(H,25,29)(H,26,28). The second kappa shape index (κ2) is 10.2. The lowest BCUT2D eigenvalue weighted by molar-refractivity contribution is -0.116. The number of rotatable bonds is 8. The van der Waals surface area contributed by atoms with Crippen molar-refractivity contribution in [3.63, 3.8) is 0 Å². The van der Waals surface area contributed by atoms with Gasteiger partial charge >= 0.3 is 0 Å². The van der Waals surface area contributed by atoms with E-state index in [0.29, 0.717) is 30.1 Å². The van der Waals surface area contributed by atoms with E-state index in [-0.39, 0.29) is 11.8 Å². The Morgan fingerprint density at radius 3 is 2.27 bits per heavy atom. The number of nitrogens with one attached hydrogen (secondary N) is 2. The van der Waals surface area contributed by atoms with Gasteiger partial charge in [0.2, 0.25) is 5.91 Å². The number of hydrogen-bond donors (Lipinski definition) is 2. The fraction of sp³-hybridized carbons (Fsp3) is 0.167. The minimum absolute atomic E-state index is 0.0843. The highest BCUT2D eigenvalue weighted by Crippen LogP contribution is 2.21. The molecule has 6 nitrogen and oxygen atoms in total. The summed E-state index contributed by atoms with van der Waals surface area (Å²) in [4.78, 5) is 26.1. The molecular weight excluding hydrogens is 378 g/mol. The maximum atomic E-state index is 12.4. The van der Waals surface area contributed by atoms with Gasteiger partial charge in [0.15, 0.2) is 0 Å². The second-order valence-corrected chi connectivity index (χ2v) is 7.11. The molecule has 0 unspecified atom stereocenters. The molecule has 0 radical (unpaired) electrons. The number of carbonyl (C=O) groups is 2. The number of benzene rings is 3. The molecule has 3 aromatic carbocycles. The molecule has 3 aromatic rings. The van der Waals surface area contributed by atoms with Crippen LogP contribution in [0.2, 0.25) is 0 Å². The molecule has 3 rings (SSSR count). The Kier molecular flexibility index (Phi) is 7.19. The molecule has 2 amide bonds. The van der Waals surface area contributed by atoms with Crippen molar-refractivity contribution in [3.8, 4) is 11.5 Å². The molecule has 0 saturated heterocycles. The van der Waals surface area contributed by atoms with Gasteiger partial charge in [-0.25, -0.2) is 0 Å². The number of hydrogen-bond acceptors (Lipinski definition) is 4. The maximum absolute atomic E-state index is 12.4. The van der Waals surface area contributed by atoms with Gasteiger partial charge < -0.3 is 20.3 Å². The third-order valence-corrected chi connectivity index (χ3v) is 4.22. The maximum Gasteiger partial charge on any atom is 0.251 e. The van der Waals surface area contributed by atoms with E-state index in [1.165, 1.54) is 0 Å². The van der Waals surface area contributed by atoms with Crippen molar-refractivity contribution >= 4 is 17.5 Å². The van der Waals surface area contributed by atoms with Crippen molar-refractivity contribution in [2.45, 2.75) is 6.54 Å². The summed E-state index contributed by atoms with van der Waals surface area (Å²) in [7, 11) is 3.68. The van der Waals surface area contributed by atoms with E-state index < -0.39 is 0 Å². The zero-order valence-corrected chi connectivity index (χ0v) is 17.1. The van der Waals surface area contributed by atoms with Crippen LogP contribution >= 0.6 is 0 Å². The number of para-hydroxylation sites is 1.